The lowest BCUT2D eigenvalue weighted by molar-refractivity contribution is -0.385. The number of benzene rings is 1. The Kier molecular flexibility index (Phi) is 3.83. The van der Waals surface area contributed by atoms with Crippen LogP contribution in [0.3, 0.4) is 0 Å². The van der Waals surface area contributed by atoms with E-state index < -0.39 is 16.6 Å². The fraction of sp³-hybridized carbons (Fsp3) is 0.222. The van der Waals surface area contributed by atoms with Crippen LogP contribution in [-0.2, 0) is 5.33 Å². The van der Waals surface area contributed by atoms with E-state index in [2.05, 4.69) is 15.9 Å². The monoisotopic (exact) mass is 288 g/mol. The van der Waals surface area contributed by atoms with Crippen LogP contribution < -0.4 is 9.84 Å². The van der Waals surface area contributed by atoms with E-state index in [0.717, 1.165) is 6.07 Å². The lowest BCUT2D eigenvalue weighted by Gasteiger charge is -2.10. The largest absolute Gasteiger partial charge is 0.545 e. The first-order valence-electron chi connectivity index (χ1n) is 4.13. The Balaban J connectivity index is 3.46. The number of methoxy groups -OCH3 is 1. The minimum atomic E-state index is -1.46. The van der Waals surface area contributed by atoms with Gasteiger partial charge >= 0.3 is 5.69 Å². The number of carboxylic acids is 1. The molecule has 0 aliphatic heterocycles. The smallest absolute Gasteiger partial charge is 0.311 e. The van der Waals surface area contributed by atoms with E-state index in [0.29, 0.717) is 5.56 Å². The van der Waals surface area contributed by atoms with E-state index in [1.165, 1.54) is 13.2 Å². The minimum absolute atomic E-state index is 0.0180. The van der Waals surface area contributed by atoms with Crippen LogP contribution >= 0.6 is 15.9 Å². The number of hydrogen-bond acceptors (Lipinski definition) is 5. The third kappa shape index (κ3) is 2.30. The quantitative estimate of drug-likeness (QED) is 0.465. The molecule has 0 aliphatic carbocycles. The van der Waals surface area contributed by atoms with E-state index in [-0.39, 0.29) is 16.6 Å². The predicted octanol–water partition coefficient (Wildman–Crippen LogP) is 0.862. The summed E-state index contributed by atoms with van der Waals surface area (Å²) < 4.78 is 4.81. The van der Waals surface area contributed by atoms with Crippen LogP contribution in [0.5, 0.6) is 5.75 Å². The lowest BCUT2D eigenvalue weighted by atomic mass is 10.1. The molecule has 0 aliphatic rings. The number of ether oxygens (including phenoxy) is 1. The average Bonchev–Trinajstić information content (AvgIpc) is 2.26. The second-order valence-corrected chi connectivity index (χ2v) is 3.42. The summed E-state index contributed by atoms with van der Waals surface area (Å²) in [6.45, 7) is 0. The lowest BCUT2D eigenvalue weighted by Crippen LogP contribution is -2.23. The predicted molar refractivity (Wildman–Crippen MR) is 56.6 cm³/mol. The molecule has 0 unspecified atom stereocenters. The van der Waals surface area contributed by atoms with Crippen molar-refractivity contribution in [2.24, 2.45) is 0 Å². The molecule has 0 saturated heterocycles. The molecule has 16 heavy (non-hydrogen) atoms. The summed E-state index contributed by atoms with van der Waals surface area (Å²) in [7, 11) is 1.28. The summed E-state index contributed by atoms with van der Waals surface area (Å²) in [6, 6.07) is 2.24. The van der Waals surface area contributed by atoms with Crippen LogP contribution in [0.2, 0.25) is 0 Å². The second kappa shape index (κ2) is 4.93. The Morgan fingerprint density at radius 1 is 1.56 bits per heavy atom. The Hall–Kier alpha value is -1.63. The molecule has 6 nitrogen and oxygen atoms in total. The van der Waals surface area contributed by atoms with Gasteiger partial charge in [-0.3, -0.25) is 10.1 Å². The molecule has 1 aromatic rings. The van der Waals surface area contributed by atoms with Crippen LogP contribution in [0, 0.1) is 10.1 Å². The molecule has 0 saturated carbocycles. The van der Waals surface area contributed by atoms with Gasteiger partial charge < -0.3 is 14.6 Å². The first-order valence-corrected chi connectivity index (χ1v) is 5.26. The van der Waals surface area contributed by atoms with Crippen molar-refractivity contribution >= 4 is 27.6 Å². The molecule has 0 spiro atoms. The molecule has 0 N–H and O–H groups in total. The number of nitro benzene ring substituents is 1. The minimum Gasteiger partial charge on any atom is -0.545 e. The maximum absolute atomic E-state index is 10.8. The summed E-state index contributed by atoms with van der Waals surface area (Å²) in [4.78, 5) is 20.7. The number of carbonyl (C=O) groups is 1. The average molecular weight is 289 g/mol. The molecule has 0 amide bonds. The number of carboxylic acid groups (broad SMARTS) is 1. The molecule has 0 atom stereocenters. The molecule has 0 fully saturated rings. The van der Waals surface area contributed by atoms with Gasteiger partial charge in [-0.25, -0.2) is 0 Å². The highest BCUT2D eigenvalue weighted by molar-refractivity contribution is 9.08. The highest BCUT2D eigenvalue weighted by Gasteiger charge is 2.18. The van der Waals surface area contributed by atoms with Gasteiger partial charge in [0.25, 0.3) is 0 Å². The summed E-state index contributed by atoms with van der Waals surface area (Å²) in [5.74, 6) is -1.44. The first kappa shape index (κ1) is 12.4. The van der Waals surface area contributed by atoms with Crippen molar-refractivity contribution in [2.45, 2.75) is 5.33 Å². The number of nitro groups is 1. The van der Waals surface area contributed by atoms with Gasteiger partial charge in [-0.1, -0.05) is 15.9 Å². The van der Waals surface area contributed by atoms with E-state index in [1.807, 2.05) is 0 Å². The number of halogens is 1. The van der Waals surface area contributed by atoms with E-state index in [9.17, 15) is 20.0 Å². The molecular formula is C9H7BrNO5-. The molecule has 1 rings (SSSR count). The second-order valence-electron chi connectivity index (χ2n) is 2.86. The number of alkyl halides is 1. The van der Waals surface area contributed by atoms with Crippen LogP contribution in [0.4, 0.5) is 5.69 Å². The standard InChI is InChI=1S/C9H8BrNO5/c1-16-8-2-5(4-10)6(9(12)13)3-7(8)11(14)15/h2-3H,4H2,1H3,(H,12,13)/p-1. The summed E-state index contributed by atoms with van der Waals surface area (Å²) in [6.07, 6.45) is 0. The van der Waals surface area contributed by atoms with E-state index in [1.54, 1.807) is 0 Å². The summed E-state index contributed by atoms with van der Waals surface area (Å²) in [5, 5.41) is 21.7. The summed E-state index contributed by atoms with van der Waals surface area (Å²) >= 11 is 3.09. The van der Waals surface area contributed by atoms with Crippen molar-refractivity contribution in [1.82, 2.24) is 0 Å². The molecule has 1 aromatic carbocycles. The van der Waals surface area contributed by atoms with Gasteiger partial charge in [0.2, 0.25) is 0 Å². The number of carbonyl (C=O) groups excluding carboxylic acids is 1. The van der Waals surface area contributed by atoms with Crippen LogP contribution in [-0.4, -0.2) is 18.0 Å². The number of hydrogen-bond donors (Lipinski definition) is 0. The highest BCUT2D eigenvalue weighted by atomic mass is 79.9. The van der Waals surface area contributed by atoms with Crippen LogP contribution in [0.15, 0.2) is 12.1 Å². The molecule has 86 valence electrons. The number of aromatic carboxylic acids is 1. The molecule has 0 bridgehead atoms. The molecule has 0 radical (unpaired) electrons. The van der Waals surface area contributed by atoms with Gasteiger partial charge in [0, 0.05) is 17.0 Å². The van der Waals surface area contributed by atoms with Crippen molar-refractivity contribution in [3.8, 4) is 5.75 Å². The Morgan fingerprint density at radius 2 is 2.19 bits per heavy atom. The summed E-state index contributed by atoms with van der Waals surface area (Å²) in [5.41, 5.74) is -0.252. The fourth-order valence-electron chi connectivity index (χ4n) is 1.22. The fourth-order valence-corrected chi connectivity index (χ4v) is 1.68. The van der Waals surface area contributed by atoms with Crippen LogP contribution in [0.1, 0.15) is 15.9 Å². The van der Waals surface area contributed by atoms with Gasteiger partial charge in [0.05, 0.1) is 18.0 Å². The Labute approximate surface area is 99.1 Å². The third-order valence-corrected chi connectivity index (χ3v) is 2.57. The molecule has 7 heteroatoms. The maximum atomic E-state index is 10.8. The maximum Gasteiger partial charge on any atom is 0.311 e. The third-order valence-electron chi connectivity index (χ3n) is 1.97. The van der Waals surface area contributed by atoms with Gasteiger partial charge in [-0.2, -0.15) is 0 Å². The van der Waals surface area contributed by atoms with Crippen molar-refractivity contribution in [2.75, 3.05) is 7.11 Å². The van der Waals surface area contributed by atoms with E-state index >= 15 is 0 Å². The van der Waals surface area contributed by atoms with Crippen molar-refractivity contribution in [3.05, 3.63) is 33.4 Å². The molecule has 0 aromatic heterocycles. The Morgan fingerprint density at radius 3 is 2.56 bits per heavy atom. The van der Waals surface area contributed by atoms with Gasteiger partial charge in [0.1, 0.15) is 0 Å². The van der Waals surface area contributed by atoms with E-state index in [4.69, 9.17) is 4.74 Å². The van der Waals surface area contributed by atoms with Crippen molar-refractivity contribution < 1.29 is 19.6 Å². The number of rotatable bonds is 4. The van der Waals surface area contributed by atoms with Gasteiger partial charge in [-0.15, -0.1) is 0 Å². The topological polar surface area (TPSA) is 92.5 Å². The zero-order valence-corrected chi connectivity index (χ0v) is 9.81. The Bertz CT molecular complexity index is 409. The SMILES string of the molecule is COc1cc(CBr)c(C(=O)[O-])cc1[N+](=O)[O-]. The normalized spacial score (nSPS) is 9.88. The van der Waals surface area contributed by atoms with Gasteiger partial charge in [-0.05, 0) is 11.6 Å². The molecule has 0 heterocycles. The van der Waals surface area contributed by atoms with Crippen molar-refractivity contribution in [3.63, 3.8) is 0 Å². The molecular weight excluding hydrogens is 282 g/mol. The van der Waals surface area contributed by atoms with Crippen molar-refractivity contribution in [1.29, 1.82) is 0 Å². The number of nitrogens with zero attached hydrogens (tertiary/aromatic N) is 1. The highest BCUT2D eigenvalue weighted by Crippen LogP contribution is 2.31. The first-order chi connectivity index (χ1) is 7.51. The van der Waals surface area contributed by atoms with Gasteiger partial charge in [0.15, 0.2) is 5.75 Å². The zero-order chi connectivity index (χ0) is 12.3. The zero-order valence-electron chi connectivity index (χ0n) is 8.23. The van der Waals surface area contributed by atoms with Crippen LogP contribution in [0.25, 0.3) is 0 Å².